The summed E-state index contributed by atoms with van der Waals surface area (Å²) < 4.78 is 2.42. The van der Waals surface area contributed by atoms with Crippen LogP contribution in [0.1, 0.15) is 0 Å². The van der Waals surface area contributed by atoms with Crippen LogP contribution in [0.4, 0.5) is 17.1 Å². The summed E-state index contributed by atoms with van der Waals surface area (Å²) in [6.45, 7) is 0. The third kappa shape index (κ3) is 5.82. The molecule has 0 saturated carbocycles. The number of aromatic nitrogens is 1. The second-order valence-corrected chi connectivity index (χ2v) is 15.0. The Kier molecular flexibility index (Phi) is 8.19. The van der Waals surface area contributed by atoms with Crippen LogP contribution in [0.3, 0.4) is 0 Å². The topological polar surface area (TPSA) is 8.17 Å². The minimum atomic E-state index is 1.10. The van der Waals surface area contributed by atoms with Crippen molar-refractivity contribution in [3.63, 3.8) is 0 Å². The fraction of sp³-hybridized carbons (Fsp3) is 0. The summed E-state index contributed by atoms with van der Waals surface area (Å²) in [5.74, 6) is 0. The average molecular weight is 739 g/mol. The first-order valence-corrected chi connectivity index (χ1v) is 19.9. The number of anilines is 3. The van der Waals surface area contributed by atoms with E-state index in [-0.39, 0.29) is 0 Å². The first-order valence-electron chi connectivity index (χ1n) is 19.9. The van der Waals surface area contributed by atoms with Gasteiger partial charge in [0.2, 0.25) is 0 Å². The van der Waals surface area contributed by atoms with Crippen LogP contribution >= 0.6 is 0 Å². The Morgan fingerprint density at radius 2 is 0.862 bits per heavy atom. The highest BCUT2D eigenvalue weighted by atomic mass is 15.1. The Morgan fingerprint density at radius 1 is 0.293 bits per heavy atom. The van der Waals surface area contributed by atoms with Gasteiger partial charge in [-0.3, -0.25) is 0 Å². The second kappa shape index (κ2) is 14.1. The first kappa shape index (κ1) is 33.6. The van der Waals surface area contributed by atoms with E-state index < -0.39 is 0 Å². The van der Waals surface area contributed by atoms with Crippen molar-refractivity contribution in [1.82, 2.24) is 4.57 Å². The average Bonchev–Trinajstić information content (AvgIpc) is 3.64. The van der Waals surface area contributed by atoms with Gasteiger partial charge >= 0.3 is 0 Å². The molecule has 0 radical (unpaired) electrons. The number of fused-ring (bicyclic) bond motifs is 5. The van der Waals surface area contributed by atoms with Gasteiger partial charge in [-0.15, -0.1) is 0 Å². The summed E-state index contributed by atoms with van der Waals surface area (Å²) in [6, 6.07) is 83.7. The maximum Gasteiger partial charge on any atom is 0.0547 e. The Morgan fingerprint density at radius 3 is 1.67 bits per heavy atom. The normalized spacial score (nSPS) is 11.4. The predicted octanol–water partition coefficient (Wildman–Crippen LogP) is 15.6. The molecule has 2 heteroatoms. The van der Waals surface area contributed by atoms with Crippen molar-refractivity contribution in [3.8, 4) is 39.1 Å². The standard InChI is InChI=1S/C56H38N2/c1-2-13-39(14-3-1)41-27-32-46(33-28-41)57(47-34-30-43(31-35-47)51-23-11-18-42-16-6-7-21-50(42)51)48-20-10-19-45(38-48)52-24-12-26-55-56(52)53-22-8-9-25-54(53)58(55)49-36-29-40-15-4-5-17-44(40)37-49/h1-38H. The lowest BCUT2D eigenvalue weighted by atomic mass is 9.97. The summed E-state index contributed by atoms with van der Waals surface area (Å²) in [4.78, 5) is 2.38. The molecule has 11 aromatic rings. The Hall–Kier alpha value is -7.68. The number of para-hydroxylation sites is 1. The van der Waals surface area contributed by atoms with Crippen molar-refractivity contribution in [3.05, 3.63) is 231 Å². The molecule has 0 bridgehead atoms. The molecule has 0 atom stereocenters. The minimum absolute atomic E-state index is 1.10. The number of rotatable bonds is 7. The molecule has 0 unspecified atom stereocenters. The number of nitrogens with zero attached hydrogens (tertiary/aromatic N) is 2. The lowest BCUT2D eigenvalue weighted by Crippen LogP contribution is -2.10. The van der Waals surface area contributed by atoms with E-state index >= 15 is 0 Å². The molecule has 0 fully saturated rings. The van der Waals surface area contributed by atoms with Crippen LogP contribution in [0.5, 0.6) is 0 Å². The van der Waals surface area contributed by atoms with E-state index in [0.717, 1.165) is 22.7 Å². The van der Waals surface area contributed by atoms with E-state index in [0.29, 0.717) is 0 Å². The smallest absolute Gasteiger partial charge is 0.0547 e. The molecule has 0 aliphatic rings. The molecular formula is C56H38N2. The molecular weight excluding hydrogens is 701 g/mol. The van der Waals surface area contributed by atoms with Crippen LogP contribution < -0.4 is 4.90 Å². The van der Waals surface area contributed by atoms with Gasteiger partial charge in [0.05, 0.1) is 11.0 Å². The van der Waals surface area contributed by atoms with Gasteiger partial charge in [0.1, 0.15) is 0 Å². The van der Waals surface area contributed by atoms with Crippen LogP contribution in [0.25, 0.3) is 82.4 Å². The van der Waals surface area contributed by atoms with Crippen molar-refractivity contribution in [2.75, 3.05) is 4.90 Å². The molecule has 0 saturated heterocycles. The van der Waals surface area contributed by atoms with E-state index in [9.17, 15) is 0 Å². The number of benzene rings is 10. The summed E-state index contributed by atoms with van der Waals surface area (Å²) in [5, 5.41) is 7.47. The largest absolute Gasteiger partial charge is 0.310 e. The molecule has 0 spiro atoms. The molecule has 10 aromatic carbocycles. The lowest BCUT2D eigenvalue weighted by molar-refractivity contribution is 1.19. The molecule has 1 aromatic heterocycles. The van der Waals surface area contributed by atoms with E-state index in [1.165, 1.54) is 76.7 Å². The molecule has 58 heavy (non-hydrogen) atoms. The molecule has 0 N–H and O–H groups in total. The van der Waals surface area contributed by atoms with Gasteiger partial charge in [0.25, 0.3) is 0 Å². The SMILES string of the molecule is c1ccc(-c2ccc(N(c3ccc(-c4cccc5ccccc45)cc3)c3cccc(-c4cccc5c4c4ccccc4n5-c4ccc5ccccc5c4)c3)cc2)cc1. The molecule has 1 heterocycles. The highest BCUT2D eigenvalue weighted by Gasteiger charge is 2.19. The summed E-state index contributed by atoms with van der Waals surface area (Å²) in [6.07, 6.45) is 0. The fourth-order valence-corrected chi connectivity index (χ4v) is 8.81. The quantitative estimate of drug-likeness (QED) is 0.158. The van der Waals surface area contributed by atoms with Gasteiger partial charge in [-0.25, -0.2) is 0 Å². The maximum absolute atomic E-state index is 2.42. The maximum atomic E-state index is 2.42. The minimum Gasteiger partial charge on any atom is -0.310 e. The Balaban J connectivity index is 1.06. The first-order chi connectivity index (χ1) is 28.8. The predicted molar refractivity (Wildman–Crippen MR) is 247 cm³/mol. The Labute approximate surface area is 338 Å². The van der Waals surface area contributed by atoms with Crippen molar-refractivity contribution in [2.24, 2.45) is 0 Å². The van der Waals surface area contributed by atoms with Crippen LogP contribution in [0, 0.1) is 0 Å². The van der Waals surface area contributed by atoms with Gasteiger partial charge in [-0.05, 0) is 116 Å². The van der Waals surface area contributed by atoms with Gasteiger partial charge in [0.15, 0.2) is 0 Å². The molecule has 0 aliphatic carbocycles. The van der Waals surface area contributed by atoms with Gasteiger partial charge in [-0.2, -0.15) is 0 Å². The van der Waals surface area contributed by atoms with E-state index in [2.05, 4.69) is 240 Å². The zero-order chi connectivity index (χ0) is 38.4. The van der Waals surface area contributed by atoms with Crippen molar-refractivity contribution in [2.45, 2.75) is 0 Å². The molecule has 0 amide bonds. The van der Waals surface area contributed by atoms with Crippen molar-refractivity contribution < 1.29 is 0 Å². The van der Waals surface area contributed by atoms with Gasteiger partial charge in [-0.1, -0.05) is 170 Å². The fourth-order valence-electron chi connectivity index (χ4n) is 8.81. The van der Waals surface area contributed by atoms with Crippen molar-refractivity contribution >= 4 is 60.4 Å². The third-order valence-corrected chi connectivity index (χ3v) is 11.6. The lowest BCUT2D eigenvalue weighted by Gasteiger charge is -2.26. The van der Waals surface area contributed by atoms with E-state index in [1.807, 2.05) is 0 Å². The van der Waals surface area contributed by atoms with Crippen LogP contribution in [0.2, 0.25) is 0 Å². The van der Waals surface area contributed by atoms with E-state index in [4.69, 9.17) is 0 Å². The highest BCUT2D eigenvalue weighted by molar-refractivity contribution is 6.16. The summed E-state index contributed by atoms with van der Waals surface area (Å²) in [7, 11) is 0. The second-order valence-electron chi connectivity index (χ2n) is 15.0. The van der Waals surface area contributed by atoms with Crippen molar-refractivity contribution in [1.29, 1.82) is 0 Å². The van der Waals surface area contributed by atoms with E-state index in [1.54, 1.807) is 0 Å². The Bertz CT molecular complexity index is 3260. The molecule has 272 valence electrons. The zero-order valence-electron chi connectivity index (χ0n) is 31.8. The third-order valence-electron chi connectivity index (χ3n) is 11.6. The molecule has 2 nitrogen and oxygen atoms in total. The van der Waals surface area contributed by atoms with Crippen LogP contribution in [-0.2, 0) is 0 Å². The van der Waals surface area contributed by atoms with Gasteiger partial charge in [0, 0.05) is 33.5 Å². The summed E-state index contributed by atoms with van der Waals surface area (Å²) >= 11 is 0. The zero-order valence-corrected chi connectivity index (χ0v) is 31.8. The van der Waals surface area contributed by atoms with Crippen LogP contribution in [0.15, 0.2) is 231 Å². The number of hydrogen-bond acceptors (Lipinski definition) is 1. The van der Waals surface area contributed by atoms with Crippen LogP contribution in [-0.4, -0.2) is 4.57 Å². The highest BCUT2D eigenvalue weighted by Crippen LogP contribution is 2.42. The molecule has 0 aliphatic heterocycles. The monoisotopic (exact) mass is 738 g/mol. The van der Waals surface area contributed by atoms with Gasteiger partial charge < -0.3 is 9.47 Å². The summed E-state index contributed by atoms with van der Waals surface area (Å²) in [5.41, 5.74) is 14.1. The number of hydrogen-bond donors (Lipinski definition) is 0. The molecule has 11 rings (SSSR count).